The van der Waals surface area contributed by atoms with E-state index in [1.54, 1.807) is 0 Å². The van der Waals surface area contributed by atoms with Crippen LogP contribution in [-0.4, -0.2) is 21.2 Å². The zero-order valence-corrected chi connectivity index (χ0v) is 10.1. The van der Waals surface area contributed by atoms with Crippen LogP contribution in [0.5, 0.6) is 0 Å². The highest BCUT2D eigenvalue weighted by Gasteiger charge is 2.10. The Morgan fingerprint density at radius 2 is 2.12 bits per heavy atom. The third-order valence-corrected chi connectivity index (χ3v) is 2.91. The maximum absolute atomic E-state index is 11.3. The lowest BCUT2D eigenvalue weighted by Crippen LogP contribution is -2.31. The number of hydrogen-bond acceptors (Lipinski definition) is 5. The molecule has 0 saturated carbocycles. The number of carboxylic acid groups (broad SMARTS) is 1. The highest BCUT2D eigenvalue weighted by Crippen LogP contribution is 2.19. The number of aromatic amines is 1. The van der Waals surface area contributed by atoms with E-state index in [0.29, 0.717) is 10.9 Å². The minimum Gasteiger partial charge on any atom is -0.549 e. The van der Waals surface area contributed by atoms with Crippen LogP contribution < -0.4 is 10.7 Å². The second kappa shape index (κ2) is 5.16. The van der Waals surface area contributed by atoms with Gasteiger partial charge >= 0.3 is 0 Å². The summed E-state index contributed by atoms with van der Waals surface area (Å²) in [4.78, 5) is 28.5. The molecule has 0 aliphatic carbocycles. The first-order valence-electron chi connectivity index (χ1n) is 4.89. The summed E-state index contributed by atoms with van der Waals surface area (Å²) in [5, 5.41) is 10.1. The monoisotopic (exact) mass is 241 g/mol. The fourth-order valence-corrected chi connectivity index (χ4v) is 1.77. The predicted octanol–water partition coefficient (Wildman–Crippen LogP) is 0.124. The average Bonchev–Trinajstić information content (AvgIpc) is 2.16. The van der Waals surface area contributed by atoms with Gasteiger partial charge in [0.05, 0.1) is 11.7 Å². The van der Waals surface area contributed by atoms with Crippen LogP contribution in [-0.2, 0) is 4.79 Å². The molecule has 0 unspecified atom stereocenters. The van der Waals surface area contributed by atoms with Crippen LogP contribution in [0.1, 0.15) is 32.4 Å². The summed E-state index contributed by atoms with van der Waals surface area (Å²) < 4.78 is 0. The van der Waals surface area contributed by atoms with E-state index in [1.807, 2.05) is 13.8 Å². The Morgan fingerprint density at radius 1 is 1.50 bits per heavy atom. The van der Waals surface area contributed by atoms with Crippen molar-refractivity contribution in [3.05, 3.63) is 22.1 Å². The van der Waals surface area contributed by atoms with Gasteiger partial charge in [0.25, 0.3) is 5.56 Å². The number of thioether (sulfide) groups is 1. The van der Waals surface area contributed by atoms with E-state index in [9.17, 15) is 14.7 Å². The third-order valence-electron chi connectivity index (χ3n) is 1.95. The fourth-order valence-electron chi connectivity index (χ4n) is 1.02. The van der Waals surface area contributed by atoms with Crippen LogP contribution in [0.15, 0.2) is 16.0 Å². The van der Waals surface area contributed by atoms with Gasteiger partial charge in [0.2, 0.25) is 0 Å². The van der Waals surface area contributed by atoms with Crippen LogP contribution in [0, 0.1) is 0 Å². The molecule has 1 N–H and O–H groups in total. The van der Waals surface area contributed by atoms with Gasteiger partial charge in [0, 0.05) is 11.3 Å². The first-order chi connectivity index (χ1) is 7.40. The molecule has 0 radical (unpaired) electrons. The summed E-state index contributed by atoms with van der Waals surface area (Å²) >= 11 is 0.969. The zero-order valence-electron chi connectivity index (χ0n) is 9.31. The molecule has 0 aliphatic heterocycles. The van der Waals surface area contributed by atoms with Crippen LogP contribution >= 0.6 is 11.8 Å². The summed E-state index contributed by atoms with van der Waals surface area (Å²) in [5.74, 6) is -1.05. The SMILES string of the molecule is CC(C)c1cc(=O)[nH]c(S[C@@H](C)C(=O)[O-])n1. The molecule has 0 amide bonds. The second-order valence-corrected chi connectivity index (χ2v) is 5.04. The Morgan fingerprint density at radius 3 is 2.62 bits per heavy atom. The van der Waals surface area contributed by atoms with Crippen molar-refractivity contribution in [3.8, 4) is 0 Å². The van der Waals surface area contributed by atoms with Gasteiger partial charge in [-0.05, 0) is 12.8 Å². The predicted molar refractivity (Wildman–Crippen MR) is 59.3 cm³/mol. The summed E-state index contributed by atoms with van der Waals surface area (Å²) in [5.41, 5.74) is 0.378. The number of carboxylic acids is 1. The summed E-state index contributed by atoms with van der Waals surface area (Å²) in [6.07, 6.45) is 0. The third kappa shape index (κ3) is 3.37. The number of carbonyl (C=O) groups excluding carboxylic acids is 1. The van der Waals surface area contributed by atoms with Crippen LogP contribution in [0.4, 0.5) is 0 Å². The lowest BCUT2D eigenvalue weighted by molar-refractivity contribution is -0.304. The van der Waals surface area contributed by atoms with Crippen LogP contribution in [0.3, 0.4) is 0 Å². The molecule has 0 saturated heterocycles. The Labute approximate surface area is 97.3 Å². The fraction of sp³-hybridized carbons (Fsp3) is 0.500. The number of rotatable bonds is 4. The summed E-state index contributed by atoms with van der Waals surface area (Å²) in [6.45, 7) is 5.32. The first kappa shape index (κ1) is 12.8. The molecular weight excluding hydrogens is 228 g/mol. The number of nitrogens with zero attached hydrogens (tertiary/aromatic N) is 1. The Bertz CT molecular complexity index is 442. The van der Waals surface area contributed by atoms with E-state index in [0.717, 1.165) is 11.8 Å². The highest BCUT2D eigenvalue weighted by molar-refractivity contribution is 8.00. The molecule has 1 heterocycles. The number of hydrogen-bond donors (Lipinski definition) is 1. The van der Waals surface area contributed by atoms with Crippen molar-refractivity contribution in [2.45, 2.75) is 37.1 Å². The highest BCUT2D eigenvalue weighted by atomic mass is 32.2. The second-order valence-electron chi connectivity index (χ2n) is 3.71. The quantitative estimate of drug-likeness (QED) is 0.598. The van der Waals surface area contributed by atoms with Gasteiger partial charge in [-0.25, -0.2) is 4.98 Å². The number of nitrogens with one attached hydrogen (secondary N) is 1. The maximum Gasteiger partial charge on any atom is 0.251 e. The smallest absolute Gasteiger partial charge is 0.251 e. The van der Waals surface area contributed by atoms with E-state index < -0.39 is 11.2 Å². The molecule has 0 spiro atoms. The maximum atomic E-state index is 11.3. The van der Waals surface area contributed by atoms with Gasteiger partial charge in [-0.1, -0.05) is 25.6 Å². The zero-order chi connectivity index (χ0) is 12.3. The minimum absolute atomic E-state index is 0.125. The number of H-pyrrole nitrogens is 1. The minimum atomic E-state index is -1.18. The van der Waals surface area contributed by atoms with Gasteiger partial charge in [-0.15, -0.1) is 0 Å². The van der Waals surface area contributed by atoms with Crippen molar-refractivity contribution in [1.82, 2.24) is 9.97 Å². The molecule has 0 aliphatic rings. The molecule has 0 bridgehead atoms. The van der Waals surface area contributed by atoms with Crippen molar-refractivity contribution in [3.63, 3.8) is 0 Å². The van der Waals surface area contributed by atoms with Crippen molar-refractivity contribution in [2.75, 3.05) is 0 Å². The molecule has 0 fully saturated rings. The molecule has 88 valence electrons. The molecule has 16 heavy (non-hydrogen) atoms. The van der Waals surface area contributed by atoms with Crippen molar-refractivity contribution < 1.29 is 9.90 Å². The average molecular weight is 241 g/mol. The molecular formula is C10H13N2O3S-. The summed E-state index contributed by atoms with van der Waals surface area (Å²) in [7, 11) is 0. The molecule has 1 atom stereocenters. The number of aromatic nitrogens is 2. The van der Waals surface area contributed by atoms with E-state index in [4.69, 9.17) is 0 Å². The Balaban J connectivity index is 2.97. The standard InChI is InChI=1S/C10H14N2O3S/c1-5(2)7-4-8(13)12-10(11-7)16-6(3)9(14)15/h4-6H,1-3H3,(H,14,15)(H,11,12,13)/p-1/t6-/m0/s1. The van der Waals surface area contributed by atoms with Crippen LogP contribution in [0.25, 0.3) is 0 Å². The van der Waals surface area contributed by atoms with Crippen molar-refractivity contribution in [2.24, 2.45) is 0 Å². The Hall–Kier alpha value is -1.30. The van der Waals surface area contributed by atoms with Gasteiger partial charge in [-0.3, -0.25) is 4.79 Å². The normalized spacial score (nSPS) is 12.8. The molecule has 1 aromatic heterocycles. The van der Waals surface area contributed by atoms with Crippen LogP contribution in [0.2, 0.25) is 0 Å². The molecule has 5 nitrogen and oxygen atoms in total. The number of carbonyl (C=O) groups is 1. The van der Waals surface area contributed by atoms with E-state index in [1.165, 1.54) is 13.0 Å². The molecule has 1 aromatic rings. The Kier molecular flexibility index (Phi) is 4.12. The van der Waals surface area contributed by atoms with Gasteiger partial charge < -0.3 is 14.9 Å². The number of aliphatic carboxylic acids is 1. The van der Waals surface area contributed by atoms with Crippen molar-refractivity contribution in [1.29, 1.82) is 0 Å². The lowest BCUT2D eigenvalue weighted by atomic mass is 10.1. The molecule has 0 aromatic carbocycles. The van der Waals surface area contributed by atoms with E-state index in [2.05, 4.69) is 9.97 Å². The van der Waals surface area contributed by atoms with Gasteiger partial charge in [0.1, 0.15) is 0 Å². The topological polar surface area (TPSA) is 85.9 Å². The molecule has 6 heteroatoms. The largest absolute Gasteiger partial charge is 0.549 e. The van der Waals surface area contributed by atoms with Gasteiger partial charge in [-0.2, -0.15) is 0 Å². The summed E-state index contributed by atoms with van der Waals surface area (Å²) in [6, 6.07) is 1.42. The first-order valence-corrected chi connectivity index (χ1v) is 5.77. The lowest BCUT2D eigenvalue weighted by Gasteiger charge is -2.12. The van der Waals surface area contributed by atoms with E-state index >= 15 is 0 Å². The molecule has 1 rings (SSSR count). The van der Waals surface area contributed by atoms with E-state index in [-0.39, 0.29) is 11.5 Å². The van der Waals surface area contributed by atoms with Crippen molar-refractivity contribution >= 4 is 17.7 Å². The van der Waals surface area contributed by atoms with Gasteiger partial charge in [0.15, 0.2) is 5.16 Å².